The van der Waals surface area contributed by atoms with Crippen LogP contribution in [0, 0.1) is 6.92 Å². The van der Waals surface area contributed by atoms with Crippen molar-refractivity contribution in [1.29, 1.82) is 0 Å². The summed E-state index contributed by atoms with van der Waals surface area (Å²) >= 11 is 10.8. The normalized spacial score (nSPS) is 17.9. The van der Waals surface area contributed by atoms with E-state index in [4.69, 9.17) is 11.6 Å². The van der Waals surface area contributed by atoms with Gasteiger partial charge in [-0.05, 0) is 53.7 Å². The first-order valence-corrected chi connectivity index (χ1v) is 7.35. The number of carbonyl (C=O) groups is 1. The van der Waals surface area contributed by atoms with Crippen molar-refractivity contribution in [2.75, 3.05) is 5.88 Å². The third-order valence-corrected chi connectivity index (χ3v) is 5.67. The van der Waals surface area contributed by atoms with Crippen LogP contribution in [-0.2, 0) is 0 Å². The highest BCUT2D eigenvalue weighted by molar-refractivity contribution is 9.11. The molecule has 1 N–H and O–H groups in total. The van der Waals surface area contributed by atoms with Gasteiger partial charge in [-0.2, -0.15) is 0 Å². The number of hydrogen-bond donors (Lipinski definition) is 1. The molecular weight excluding hydrogens is 310 g/mol. The Morgan fingerprint density at radius 1 is 1.69 bits per heavy atom. The molecule has 0 aliphatic heterocycles. The Morgan fingerprint density at radius 2 is 2.38 bits per heavy atom. The van der Waals surface area contributed by atoms with Gasteiger partial charge in [0.15, 0.2) is 0 Å². The molecule has 1 aromatic heterocycles. The molecule has 1 saturated carbocycles. The quantitative estimate of drug-likeness (QED) is 0.845. The summed E-state index contributed by atoms with van der Waals surface area (Å²) < 4.78 is 1.02. The zero-order chi connectivity index (χ0) is 11.8. The molecule has 1 aliphatic rings. The Hall–Kier alpha value is -0.0600. The van der Waals surface area contributed by atoms with Gasteiger partial charge in [-0.1, -0.05) is 0 Å². The minimum Gasteiger partial charge on any atom is -0.345 e. The fourth-order valence-corrected chi connectivity index (χ4v) is 3.53. The molecule has 0 bridgehead atoms. The molecule has 1 aliphatic carbocycles. The topological polar surface area (TPSA) is 29.1 Å². The van der Waals surface area contributed by atoms with Crippen LogP contribution < -0.4 is 5.32 Å². The van der Waals surface area contributed by atoms with E-state index in [1.807, 2.05) is 13.0 Å². The maximum absolute atomic E-state index is 12.0. The van der Waals surface area contributed by atoms with Crippen molar-refractivity contribution < 1.29 is 4.79 Å². The Kier molecular flexibility index (Phi) is 3.62. The number of hydrogen-bond acceptors (Lipinski definition) is 2. The second kappa shape index (κ2) is 4.67. The summed E-state index contributed by atoms with van der Waals surface area (Å²) in [6, 6.07) is 1.91. The van der Waals surface area contributed by atoms with Crippen molar-refractivity contribution in [2.24, 2.45) is 0 Å². The molecule has 0 atom stereocenters. The van der Waals surface area contributed by atoms with Crippen molar-refractivity contribution in [3.05, 3.63) is 20.3 Å². The summed E-state index contributed by atoms with van der Waals surface area (Å²) in [4.78, 5) is 12.7. The van der Waals surface area contributed by atoms with Crippen LogP contribution in [0.15, 0.2) is 9.85 Å². The molecule has 0 spiro atoms. The van der Waals surface area contributed by atoms with E-state index in [-0.39, 0.29) is 11.4 Å². The standard InChI is InChI=1S/C11H13BrClNOS/c1-7-5-8(16-9(7)12)10(15)14-11(6-13)3-2-4-11/h5H,2-4,6H2,1H3,(H,14,15). The van der Waals surface area contributed by atoms with Crippen molar-refractivity contribution in [3.8, 4) is 0 Å². The summed E-state index contributed by atoms with van der Waals surface area (Å²) in [6.45, 7) is 1.98. The predicted molar refractivity (Wildman–Crippen MR) is 71.5 cm³/mol. The lowest BCUT2D eigenvalue weighted by Crippen LogP contribution is -2.54. The zero-order valence-electron chi connectivity index (χ0n) is 8.98. The first kappa shape index (κ1) is 12.4. The van der Waals surface area contributed by atoms with Gasteiger partial charge in [0.1, 0.15) is 0 Å². The average molecular weight is 323 g/mol. The highest BCUT2D eigenvalue weighted by Crippen LogP contribution is 2.34. The third-order valence-electron chi connectivity index (χ3n) is 3.03. The van der Waals surface area contributed by atoms with Crippen molar-refractivity contribution in [3.63, 3.8) is 0 Å². The van der Waals surface area contributed by atoms with E-state index in [2.05, 4.69) is 21.2 Å². The van der Waals surface area contributed by atoms with E-state index in [1.165, 1.54) is 11.3 Å². The van der Waals surface area contributed by atoms with Crippen molar-refractivity contribution >= 4 is 44.8 Å². The Morgan fingerprint density at radius 3 is 2.75 bits per heavy atom. The minimum atomic E-state index is -0.150. The summed E-state index contributed by atoms with van der Waals surface area (Å²) in [5, 5.41) is 3.06. The summed E-state index contributed by atoms with van der Waals surface area (Å²) in [5.41, 5.74) is 0.951. The predicted octanol–water partition coefficient (Wildman–Crippen LogP) is 3.71. The molecule has 1 aromatic rings. The highest BCUT2D eigenvalue weighted by atomic mass is 79.9. The van der Waals surface area contributed by atoms with Crippen LogP contribution in [0.2, 0.25) is 0 Å². The van der Waals surface area contributed by atoms with Crippen LogP contribution in [0.4, 0.5) is 0 Å². The highest BCUT2D eigenvalue weighted by Gasteiger charge is 2.37. The lowest BCUT2D eigenvalue weighted by Gasteiger charge is -2.40. The van der Waals surface area contributed by atoms with Crippen LogP contribution in [0.5, 0.6) is 0 Å². The number of rotatable bonds is 3. The van der Waals surface area contributed by atoms with Gasteiger partial charge >= 0.3 is 0 Å². The van der Waals surface area contributed by atoms with E-state index in [9.17, 15) is 4.79 Å². The Bertz CT molecular complexity index is 389. The van der Waals surface area contributed by atoms with E-state index in [1.54, 1.807) is 0 Å². The maximum atomic E-state index is 12.0. The molecule has 0 aromatic carbocycles. The Labute approximate surface area is 113 Å². The van der Waals surface area contributed by atoms with Gasteiger partial charge in [0.05, 0.1) is 14.2 Å². The number of halogens is 2. The smallest absolute Gasteiger partial charge is 0.261 e. The molecule has 1 heterocycles. The van der Waals surface area contributed by atoms with Gasteiger partial charge in [-0.15, -0.1) is 22.9 Å². The molecule has 0 saturated heterocycles. The SMILES string of the molecule is Cc1cc(C(=O)NC2(CCl)CCC2)sc1Br. The summed E-state index contributed by atoms with van der Waals surface area (Å²) in [7, 11) is 0. The van der Waals surface area contributed by atoms with Crippen LogP contribution in [0.25, 0.3) is 0 Å². The maximum Gasteiger partial charge on any atom is 0.261 e. The van der Waals surface area contributed by atoms with Gasteiger partial charge in [-0.3, -0.25) is 4.79 Å². The van der Waals surface area contributed by atoms with E-state index >= 15 is 0 Å². The second-order valence-corrected chi connectivity index (χ2v) is 6.93. The van der Waals surface area contributed by atoms with Crippen molar-refractivity contribution in [1.82, 2.24) is 5.32 Å². The van der Waals surface area contributed by atoms with E-state index in [0.717, 1.165) is 33.5 Å². The molecule has 2 nitrogen and oxygen atoms in total. The monoisotopic (exact) mass is 321 g/mol. The first-order valence-electron chi connectivity index (χ1n) is 5.21. The first-order chi connectivity index (χ1) is 7.56. The average Bonchev–Trinajstić information content (AvgIpc) is 2.53. The molecule has 5 heteroatoms. The largest absolute Gasteiger partial charge is 0.345 e. The number of thiophene rings is 1. The molecule has 16 heavy (non-hydrogen) atoms. The van der Waals surface area contributed by atoms with Gasteiger partial charge in [0.2, 0.25) is 0 Å². The lowest BCUT2D eigenvalue weighted by molar-refractivity contribution is 0.0858. The molecule has 2 rings (SSSR count). The molecule has 0 radical (unpaired) electrons. The second-order valence-electron chi connectivity index (χ2n) is 4.29. The Balaban J connectivity index is 2.08. The number of amides is 1. The van der Waals surface area contributed by atoms with Crippen LogP contribution in [0.3, 0.4) is 0 Å². The number of alkyl halides is 1. The van der Waals surface area contributed by atoms with E-state index < -0.39 is 0 Å². The van der Waals surface area contributed by atoms with E-state index in [0.29, 0.717) is 5.88 Å². The molecule has 1 fully saturated rings. The molecular formula is C11H13BrClNOS. The summed E-state index contributed by atoms with van der Waals surface area (Å²) in [5.74, 6) is 0.503. The fraction of sp³-hybridized carbons (Fsp3) is 0.545. The van der Waals surface area contributed by atoms with Crippen LogP contribution in [0.1, 0.15) is 34.5 Å². The van der Waals surface area contributed by atoms with Crippen molar-refractivity contribution in [2.45, 2.75) is 31.7 Å². The van der Waals surface area contributed by atoms with Gasteiger partial charge in [-0.25, -0.2) is 0 Å². The van der Waals surface area contributed by atoms with Crippen LogP contribution in [-0.4, -0.2) is 17.3 Å². The van der Waals surface area contributed by atoms with Crippen LogP contribution >= 0.6 is 38.9 Å². The number of carbonyl (C=O) groups excluding carboxylic acids is 1. The van der Waals surface area contributed by atoms with Gasteiger partial charge < -0.3 is 5.32 Å². The summed E-state index contributed by atoms with van der Waals surface area (Å²) in [6.07, 6.45) is 3.14. The molecule has 0 unspecified atom stereocenters. The zero-order valence-corrected chi connectivity index (χ0v) is 12.1. The number of aryl methyl sites for hydroxylation is 1. The minimum absolute atomic E-state index is 0.000787. The third kappa shape index (κ3) is 2.29. The fourth-order valence-electron chi connectivity index (χ4n) is 1.77. The lowest BCUT2D eigenvalue weighted by atomic mass is 9.78. The molecule has 1 amide bonds. The number of nitrogens with one attached hydrogen (secondary N) is 1. The van der Waals surface area contributed by atoms with Gasteiger partial charge in [0.25, 0.3) is 5.91 Å². The van der Waals surface area contributed by atoms with Gasteiger partial charge in [0, 0.05) is 5.88 Å². The molecule has 88 valence electrons.